The lowest BCUT2D eigenvalue weighted by atomic mass is 9.89. The Labute approximate surface area is 111 Å². The molecule has 0 saturated heterocycles. The summed E-state index contributed by atoms with van der Waals surface area (Å²) in [7, 11) is 0. The van der Waals surface area contributed by atoms with Crippen molar-refractivity contribution in [1.29, 1.82) is 0 Å². The van der Waals surface area contributed by atoms with Gasteiger partial charge in [-0.2, -0.15) is 0 Å². The van der Waals surface area contributed by atoms with Crippen LogP contribution in [-0.4, -0.2) is 19.7 Å². The molecule has 1 unspecified atom stereocenters. The van der Waals surface area contributed by atoms with Gasteiger partial charge >= 0.3 is 0 Å². The Hall–Kier alpha value is -1.02. The molecule has 2 nitrogen and oxygen atoms in total. The summed E-state index contributed by atoms with van der Waals surface area (Å²) >= 11 is 0. The number of ether oxygens (including phenoxy) is 1. The number of para-hydroxylation sites is 1. The van der Waals surface area contributed by atoms with Crippen LogP contribution in [0.5, 0.6) is 5.75 Å². The summed E-state index contributed by atoms with van der Waals surface area (Å²) in [5, 5.41) is 3.52. The van der Waals surface area contributed by atoms with E-state index in [9.17, 15) is 0 Å². The Kier molecular flexibility index (Phi) is 5.06. The SMILES string of the molecule is CC(C)CNCCCC1CCOc2ccccc21. The van der Waals surface area contributed by atoms with Crippen LogP contribution in [0, 0.1) is 5.92 Å². The van der Waals surface area contributed by atoms with Crippen LogP contribution >= 0.6 is 0 Å². The second-order valence-electron chi connectivity index (χ2n) is 5.61. The van der Waals surface area contributed by atoms with Crippen LogP contribution in [0.2, 0.25) is 0 Å². The highest BCUT2D eigenvalue weighted by Gasteiger charge is 2.20. The van der Waals surface area contributed by atoms with Crippen molar-refractivity contribution in [3.8, 4) is 5.75 Å². The molecule has 1 atom stereocenters. The van der Waals surface area contributed by atoms with E-state index in [2.05, 4.69) is 43.4 Å². The number of benzene rings is 1. The minimum Gasteiger partial charge on any atom is -0.493 e. The second-order valence-corrected chi connectivity index (χ2v) is 5.61. The number of hydrogen-bond donors (Lipinski definition) is 1. The van der Waals surface area contributed by atoms with Gasteiger partial charge in [-0.25, -0.2) is 0 Å². The maximum absolute atomic E-state index is 5.70. The lowest BCUT2D eigenvalue weighted by molar-refractivity contribution is 0.261. The van der Waals surface area contributed by atoms with Crippen molar-refractivity contribution in [2.75, 3.05) is 19.7 Å². The fourth-order valence-corrected chi connectivity index (χ4v) is 2.58. The molecule has 100 valence electrons. The van der Waals surface area contributed by atoms with Gasteiger partial charge < -0.3 is 10.1 Å². The Morgan fingerprint density at radius 2 is 2.17 bits per heavy atom. The van der Waals surface area contributed by atoms with Gasteiger partial charge in [0, 0.05) is 0 Å². The molecule has 0 aromatic heterocycles. The summed E-state index contributed by atoms with van der Waals surface area (Å²) in [6.45, 7) is 7.65. The number of rotatable bonds is 6. The molecule has 0 amide bonds. The maximum Gasteiger partial charge on any atom is 0.122 e. The largest absolute Gasteiger partial charge is 0.493 e. The Bertz CT molecular complexity index is 362. The highest BCUT2D eigenvalue weighted by atomic mass is 16.5. The molecule has 0 bridgehead atoms. The highest BCUT2D eigenvalue weighted by molar-refractivity contribution is 5.37. The Balaban J connectivity index is 1.77. The van der Waals surface area contributed by atoms with Gasteiger partial charge in [-0.15, -0.1) is 0 Å². The summed E-state index contributed by atoms with van der Waals surface area (Å²) in [6.07, 6.45) is 3.69. The van der Waals surface area contributed by atoms with Gasteiger partial charge in [0.2, 0.25) is 0 Å². The van der Waals surface area contributed by atoms with Crippen LogP contribution in [-0.2, 0) is 0 Å². The van der Waals surface area contributed by atoms with Crippen LogP contribution in [0.15, 0.2) is 24.3 Å². The van der Waals surface area contributed by atoms with Crippen molar-refractivity contribution in [2.24, 2.45) is 5.92 Å². The lowest BCUT2D eigenvalue weighted by Gasteiger charge is -2.25. The molecule has 1 N–H and O–H groups in total. The zero-order valence-corrected chi connectivity index (χ0v) is 11.6. The standard InChI is InChI=1S/C16H25NO/c1-13(2)12-17-10-5-6-14-9-11-18-16-8-4-3-7-15(14)16/h3-4,7-8,13-14,17H,5-6,9-12H2,1-2H3. The zero-order valence-electron chi connectivity index (χ0n) is 11.6. The first-order valence-corrected chi connectivity index (χ1v) is 7.20. The van der Waals surface area contributed by atoms with E-state index in [1.165, 1.54) is 24.8 Å². The molecule has 1 aliphatic heterocycles. The molecule has 0 saturated carbocycles. The van der Waals surface area contributed by atoms with Crippen LogP contribution in [0.3, 0.4) is 0 Å². The molecular formula is C16H25NO. The quantitative estimate of drug-likeness (QED) is 0.776. The molecular weight excluding hydrogens is 222 g/mol. The summed E-state index contributed by atoms with van der Waals surface area (Å²) < 4.78 is 5.70. The fourth-order valence-electron chi connectivity index (χ4n) is 2.58. The summed E-state index contributed by atoms with van der Waals surface area (Å²) in [5.74, 6) is 2.54. The Morgan fingerprint density at radius 1 is 1.33 bits per heavy atom. The molecule has 1 aromatic rings. The molecule has 1 aliphatic rings. The van der Waals surface area contributed by atoms with Crippen molar-refractivity contribution in [2.45, 2.75) is 39.0 Å². The van der Waals surface area contributed by atoms with E-state index in [4.69, 9.17) is 4.74 Å². The van der Waals surface area contributed by atoms with Crippen molar-refractivity contribution < 1.29 is 4.74 Å². The van der Waals surface area contributed by atoms with E-state index in [0.717, 1.165) is 31.4 Å². The van der Waals surface area contributed by atoms with E-state index >= 15 is 0 Å². The van der Waals surface area contributed by atoms with Gasteiger partial charge in [0.1, 0.15) is 5.75 Å². The molecule has 0 fully saturated rings. The summed E-state index contributed by atoms with van der Waals surface area (Å²) in [6, 6.07) is 8.50. The van der Waals surface area contributed by atoms with Gasteiger partial charge in [0.25, 0.3) is 0 Å². The van der Waals surface area contributed by atoms with Crippen LogP contribution in [0.25, 0.3) is 0 Å². The molecule has 0 spiro atoms. The smallest absolute Gasteiger partial charge is 0.122 e. The van der Waals surface area contributed by atoms with Crippen molar-refractivity contribution >= 4 is 0 Å². The molecule has 2 rings (SSSR count). The fraction of sp³-hybridized carbons (Fsp3) is 0.625. The van der Waals surface area contributed by atoms with Crippen LogP contribution in [0.4, 0.5) is 0 Å². The minimum atomic E-state index is 0.691. The lowest BCUT2D eigenvalue weighted by Crippen LogP contribution is -2.22. The van der Waals surface area contributed by atoms with Crippen molar-refractivity contribution in [3.05, 3.63) is 29.8 Å². The molecule has 18 heavy (non-hydrogen) atoms. The number of nitrogens with one attached hydrogen (secondary N) is 1. The van der Waals surface area contributed by atoms with Crippen molar-refractivity contribution in [1.82, 2.24) is 5.32 Å². The topological polar surface area (TPSA) is 21.3 Å². The average Bonchev–Trinajstić information content (AvgIpc) is 2.38. The first-order chi connectivity index (χ1) is 8.77. The first kappa shape index (κ1) is 13.4. The van der Waals surface area contributed by atoms with Gasteiger partial charge in [-0.05, 0) is 55.8 Å². The van der Waals surface area contributed by atoms with Gasteiger partial charge in [0.05, 0.1) is 6.61 Å². The highest BCUT2D eigenvalue weighted by Crippen LogP contribution is 2.35. The van der Waals surface area contributed by atoms with E-state index in [1.807, 2.05) is 0 Å². The summed E-state index contributed by atoms with van der Waals surface area (Å²) in [5.41, 5.74) is 1.41. The molecule has 1 heterocycles. The van der Waals surface area contributed by atoms with E-state index in [1.54, 1.807) is 0 Å². The summed E-state index contributed by atoms with van der Waals surface area (Å²) in [4.78, 5) is 0. The molecule has 0 radical (unpaired) electrons. The second kappa shape index (κ2) is 6.79. The first-order valence-electron chi connectivity index (χ1n) is 7.20. The third kappa shape index (κ3) is 3.74. The molecule has 1 aromatic carbocycles. The average molecular weight is 247 g/mol. The predicted octanol–water partition coefficient (Wildman–Crippen LogP) is 3.58. The van der Waals surface area contributed by atoms with Gasteiger partial charge in [-0.3, -0.25) is 0 Å². The predicted molar refractivity (Wildman–Crippen MR) is 76.2 cm³/mol. The van der Waals surface area contributed by atoms with E-state index in [0.29, 0.717) is 5.92 Å². The van der Waals surface area contributed by atoms with Crippen molar-refractivity contribution in [3.63, 3.8) is 0 Å². The normalized spacial score (nSPS) is 18.5. The molecule has 2 heteroatoms. The van der Waals surface area contributed by atoms with Gasteiger partial charge in [0.15, 0.2) is 0 Å². The third-order valence-corrected chi connectivity index (χ3v) is 3.54. The van der Waals surface area contributed by atoms with E-state index in [-0.39, 0.29) is 0 Å². The van der Waals surface area contributed by atoms with Crippen LogP contribution < -0.4 is 10.1 Å². The number of hydrogen-bond acceptors (Lipinski definition) is 2. The Morgan fingerprint density at radius 3 is 3.00 bits per heavy atom. The molecule has 0 aliphatic carbocycles. The third-order valence-electron chi connectivity index (χ3n) is 3.54. The minimum absolute atomic E-state index is 0.691. The monoisotopic (exact) mass is 247 g/mol. The zero-order chi connectivity index (χ0) is 12.8. The van der Waals surface area contributed by atoms with Gasteiger partial charge in [-0.1, -0.05) is 32.0 Å². The van der Waals surface area contributed by atoms with Crippen LogP contribution in [0.1, 0.15) is 44.6 Å². The maximum atomic E-state index is 5.70. The van der Waals surface area contributed by atoms with E-state index < -0.39 is 0 Å². The number of fused-ring (bicyclic) bond motifs is 1.